The zero-order chi connectivity index (χ0) is 30.1. The van der Waals surface area contributed by atoms with E-state index < -0.39 is 0 Å². The first-order valence-electron chi connectivity index (χ1n) is 16.3. The number of rotatable bonds is 15. The fraction of sp³-hybridized carbons (Fsp3) is 0.300. The maximum atomic E-state index is 2.41. The molecule has 0 aliphatic rings. The van der Waals surface area contributed by atoms with Gasteiger partial charge in [0.25, 0.3) is 0 Å². The molecule has 0 unspecified atom stereocenters. The quantitative estimate of drug-likeness (QED) is 0.0970. The molecule has 4 heteroatoms. The summed E-state index contributed by atoms with van der Waals surface area (Å²) >= 11 is 7.78. The van der Waals surface area contributed by atoms with Crippen LogP contribution in [0.1, 0.15) is 75.0 Å². The van der Waals surface area contributed by atoms with E-state index in [0.29, 0.717) is 0 Å². The second-order valence-corrected chi connectivity index (χ2v) is 16.1. The van der Waals surface area contributed by atoms with Gasteiger partial charge in [0.05, 0.1) is 0 Å². The highest BCUT2D eigenvalue weighted by molar-refractivity contribution is 7.24. The molecule has 0 amide bonds. The minimum Gasteiger partial charge on any atom is -0.139 e. The van der Waals surface area contributed by atoms with Crippen LogP contribution in [0.15, 0.2) is 97.1 Å². The summed E-state index contributed by atoms with van der Waals surface area (Å²) in [5.74, 6) is 0. The number of aryl methyl sites for hydroxylation is 2. The van der Waals surface area contributed by atoms with Crippen molar-refractivity contribution in [2.75, 3.05) is 0 Å². The molecule has 0 spiro atoms. The molecule has 0 N–H and O–H groups in total. The zero-order valence-electron chi connectivity index (χ0n) is 25.9. The van der Waals surface area contributed by atoms with Crippen LogP contribution in [-0.4, -0.2) is 0 Å². The van der Waals surface area contributed by atoms with Crippen molar-refractivity contribution < 1.29 is 0 Å². The molecular weight excluding hydrogens is 609 g/mol. The standard InChI is InChI=1S/C40H42S4/c1-3-5-7-12-16-31-19-22-37(41-31)39-26-24-35(43-39)30-18-21-33(34(28-30)29-14-10-9-11-15-29)36-25-27-40(44-36)38-23-20-32(42-38)17-13-8-6-4-2/h9-11,14-15,18-28H,3-8,12-13,16-17H2,1-2H3. The van der Waals surface area contributed by atoms with Gasteiger partial charge in [0, 0.05) is 39.0 Å². The lowest BCUT2D eigenvalue weighted by molar-refractivity contribution is 0.670. The number of benzene rings is 2. The summed E-state index contributed by atoms with van der Waals surface area (Å²) in [5.41, 5.74) is 5.19. The topological polar surface area (TPSA) is 0 Å². The Kier molecular flexibility index (Phi) is 11.0. The summed E-state index contributed by atoms with van der Waals surface area (Å²) in [6.45, 7) is 4.56. The second-order valence-electron chi connectivity index (χ2n) is 11.6. The van der Waals surface area contributed by atoms with Gasteiger partial charge in [-0.3, -0.25) is 0 Å². The van der Waals surface area contributed by atoms with Gasteiger partial charge in [0.2, 0.25) is 0 Å². The molecule has 0 radical (unpaired) electrons. The van der Waals surface area contributed by atoms with E-state index in [1.165, 1.54) is 125 Å². The lowest BCUT2D eigenvalue weighted by Crippen LogP contribution is -1.85. The van der Waals surface area contributed by atoms with E-state index in [1.807, 2.05) is 45.3 Å². The Morgan fingerprint density at radius 1 is 0.386 bits per heavy atom. The normalized spacial score (nSPS) is 11.4. The van der Waals surface area contributed by atoms with E-state index in [1.54, 1.807) is 0 Å². The summed E-state index contributed by atoms with van der Waals surface area (Å²) in [6.07, 6.45) is 13.0. The first kappa shape index (κ1) is 31.2. The first-order valence-corrected chi connectivity index (χ1v) is 19.6. The fourth-order valence-electron chi connectivity index (χ4n) is 5.75. The summed E-state index contributed by atoms with van der Waals surface area (Å²) < 4.78 is 0. The molecule has 0 aliphatic heterocycles. The van der Waals surface area contributed by atoms with Crippen molar-refractivity contribution in [3.63, 3.8) is 0 Å². The zero-order valence-corrected chi connectivity index (χ0v) is 29.2. The molecule has 44 heavy (non-hydrogen) atoms. The van der Waals surface area contributed by atoms with Crippen LogP contribution in [0.25, 0.3) is 51.5 Å². The third-order valence-electron chi connectivity index (χ3n) is 8.23. The molecule has 6 aromatic rings. The predicted molar refractivity (Wildman–Crippen MR) is 201 cm³/mol. The third-order valence-corrected chi connectivity index (χ3v) is 13.2. The monoisotopic (exact) mass is 650 g/mol. The number of hydrogen-bond donors (Lipinski definition) is 0. The van der Waals surface area contributed by atoms with Crippen molar-refractivity contribution in [1.82, 2.24) is 0 Å². The molecule has 226 valence electrons. The van der Waals surface area contributed by atoms with Crippen molar-refractivity contribution >= 4 is 45.3 Å². The highest BCUT2D eigenvalue weighted by Crippen LogP contribution is 2.44. The predicted octanol–water partition coefficient (Wildman–Crippen LogP) is 14.5. The van der Waals surface area contributed by atoms with E-state index in [9.17, 15) is 0 Å². The minimum atomic E-state index is 1.21. The van der Waals surface area contributed by atoms with Gasteiger partial charge in [0.15, 0.2) is 0 Å². The molecule has 4 aromatic heterocycles. The SMILES string of the molecule is CCCCCCc1ccc(-c2ccc(-c3ccc(-c4ccc(-c5ccc(CCCCCC)s5)s4)c(-c4ccccc4)c3)s2)s1. The van der Waals surface area contributed by atoms with Gasteiger partial charge in [0.1, 0.15) is 0 Å². The average Bonchev–Trinajstić information content (AvgIpc) is 3.89. The Labute approximate surface area is 280 Å². The number of unbranched alkanes of at least 4 members (excludes halogenated alkanes) is 6. The minimum absolute atomic E-state index is 1.21. The maximum absolute atomic E-state index is 2.41. The molecule has 4 heterocycles. The smallest absolute Gasteiger partial charge is 0.0449 e. The highest BCUT2D eigenvalue weighted by Gasteiger charge is 2.15. The Hall–Kier alpha value is -2.76. The molecule has 2 aromatic carbocycles. The van der Waals surface area contributed by atoms with Gasteiger partial charge in [-0.25, -0.2) is 0 Å². The van der Waals surface area contributed by atoms with Crippen molar-refractivity contribution in [2.45, 2.75) is 78.1 Å². The second kappa shape index (κ2) is 15.5. The highest BCUT2D eigenvalue weighted by atomic mass is 32.1. The average molecular weight is 651 g/mol. The van der Waals surface area contributed by atoms with Crippen LogP contribution >= 0.6 is 45.3 Å². The van der Waals surface area contributed by atoms with Gasteiger partial charge < -0.3 is 0 Å². The van der Waals surface area contributed by atoms with Crippen LogP contribution in [0.3, 0.4) is 0 Å². The van der Waals surface area contributed by atoms with Gasteiger partial charge >= 0.3 is 0 Å². The molecule has 0 fully saturated rings. The van der Waals surface area contributed by atoms with E-state index >= 15 is 0 Å². The van der Waals surface area contributed by atoms with Crippen molar-refractivity contribution in [3.05, 3.63) is 107 Å². The lowest BCUT2D eigenvalue weighted by atomic mass is 9.96. The molecule has 0 saturated carbocycles. The largest absolute Gasteiger partial charge is 0.139 e. The number of thiophene rings is 4. The van der Waals surface area contributed by atoms with Gasteiger partial charge in [-0.15, -0.1) is 45.3 Å². The molecule has 6 rings (SSSR count). The third kappa shape index (κ3) is 7.72. The number of hydrogen-bond acceptors (Lipinski definition) is 4. The Morgan fingerprint density at radius 2 is 0.909 bits per heavy atom. The van der Waals surface area contributed by atoms with Crippen LogP contribution in [0.5, 0.6) is 0 Å². The molecule has 0 nitrogen and oxygen atoms in total. The van der Waals surface area contributed by atoms with E-state index in [4.69, 9.17) is 0 Å². The summed E-state index contributed by atoms with van der Waals surface area (Å²) in [5, 5.41) is 0. The summed E-state index contributed by atoms with van der Waals surface area (Å²) in [4.78, 5) is 11.2. The van der Waals surface area contributed by atoms with E-state index in [-0.39, 0.29) is 0 Å². The molecule has 0 bridgehead atoms. The van der Waals surface area contributed by atoms with Crippen molar-refractivity contribution in [3.8, 4) is 51.5 Å². The van der Waals surface area contributed by atoms with E-state index in [0.717, 1.165) is 0 Å². The molecule has 0 saturated heterocycles. The maximum Gasteiger partial charge on any atom is 0.0449 e. The van der Waals surface area contributed by atoms with Crippen molar-refractivity contribution in [1.29, 1.82) is 0 Å². The Morgan fingerprint density at radius 3 is 1.52 bits per heavy atom. The van der Waals surface area contributed by atoms with Crippen LogP contribution in [0, 0.1) is 0 Å². The molecule has 0 atom stereocenters. The van der Waals surface area contributed by atoms with Gasteiger partial charge in [-0.05, 0) is 103 Å². The van der Waals surface area contributed by atoms with E-state index in [2.05, 4.69) is 111 Å². The van der Waals surface area contributed by atoms with Crippen molar-refractivity contribution in [2.24, 2.45) is 0 Å². The summed E-state index contributed by atoms with van der Waals surface area (Å²) in [6, 6.07) is 36.6. The fourth-order valence-corrected chi connectivity index (χ4v) is 10.1. The first-order chi connectivity index (χ1) is 21.7. The Balaban J connectivity index is 1.24. The molecular formula is C40H42S4. The van der Waals surface area contributed by atoms with Crippen LogP contribution < -0.4 is 0 Å². The lowest BCUT2D eigenvalue weighted by Gasteiger charge is -2.11. The van der Waals surface area contributed by atoms with Crippen LogP contribution in [0.4, 0.5) is 0 Å². The summed E-state index contributed by atoms with van der Waals surface area (Å²) in [7, 11) is 0. The Bertz CT molecular complexity index is 1740. The van der Waals surface area contributed by atoms with Gasteiger partial charge in [-0.2, -0.15) is 0 Å². The van der Waals surface area contributed by atoms with Gasteiger partial charge in [-0.1, -0.05) is 94.8 Å². The molecule has 0 aliphatic carbocycles. The van der Waals surface area contributed by atoms with Crippen LogP contribution in [-0.2, 0) is 12.8 Å². The van der Waals surface area contributed by atoms with Crippen LogP contribution in [0.2, 0.25) is 0 Å².